The highest BCUT2D eigenvalue weighted by molar-refractivity contribution is 7.26. The van der Waals surface area contributed by atoms with Crippen LogP contribution in [-0.2, 0) is 10.8 Å². The number of benzene rings is 5. The minimum atomic E-state index is 0.0570. The van der Waals surface area contributed by atoms with Gasteiger partial charge >= 0.3 is 0 Å². The molecular formula is C36H32N2S. The zero-order valence-corrected chi connectivity index (χ0v) is 24.2. The van der Waals surface area contributed by atoms with Gasteiger partial charge in [0, 0.05) is 36.5 Å². The third-order valence-electron chi connectivity index (χ3n) is 8.02. The summed E-state index contributed by atoms with van der Waals surface area (Å²) in [4.78, 5) is 10.5. The van der Waals surface area contributed by atoms with E-state index in [1.807, 2.05) is 17.5 Å². The summed E-state index contributed by atoms with van der Waals surface area (Å²) in [6, 6.07) is 29.0. The SMILES string of the molecule is CC(C)(C)c1ccc2c(c1)c1cc(C(C)(C)C)ccc1c1nc(-c3cccc4c3sc3ccccc34)cnc21. The third kappa shape index (κ3) is 3.83. The Morgan fingerprint density at radius 2 is 1.18 bits per heavy atom. The van der Waals surface area contributed by atoms with Gasteiger partial charge in [-0.15, -0.1) is 11.3 Å². The van der Waals surface area contributed by atoms with Gasteiger partial charge in [0.2, 0.25) is 0 Å². The minimum absolute atomic E-state index is 0.0570. The van der Waals surface area contributed by atoms with Crippen molar-refractivity contribution < 1.29 is 0 Å². The topological polar surface area (TPSA) is 25.8 Å². The average molecular weight is 525 g/mol. The Morgan fingerprint density at radius 3 is 1.85 bits per heavy atom. The first-order valence-corrected chi connectivity index (χ1v) is 14.5. The van der Waals surface area contributed by atoms with Crippen molar-refractivity contribution in [3.63, 3.8) is 0 Å². The molecule has 0 atom stereocenters. The maximum Gasteiger partial charge on any atom is 0.0979 e. The van der Waals surface area contributed by atoms with Crippen molar-refractivity contribution in [2.45, 2.75) is 52.4 Å². The summed E-state index contributed by atoms with van der Waals surface area (Å²) in [6.07, 6.45) is 1.97. The molecule has 5 aromatic carbocycles. The molecule has 192 valence electrons. The van der Waals surface area contributed by atoms with Gasteiger partial charge < -0.3 is 0 Å². The molecule has 0 fully saturated rings. The zero-order chi connectivity index (χ0) is 27.1. The Kier molecular flexibility index (Phi) is 5.18. The highest BCUT2D eigenvalue weighted by Gasteiger charge is 2.20. The summed E-state index contributed by atoms with van der Waals surface area (Å²) in [7, 11) is 0. The maximum absolute atomic E-state index is 5.35. The molecule has 0 unspecified atom stereocenters. The second-order valence-corrected chi connectivity index (χ2v) is 13.8. The van der Waals surface area contributed by atoms with Gasteiger partial charge in [0.25, 0.3) is 0 Å². The molecule has 2 aromatic heterocycles. The number of hydrogen-bond donors (Lipinski definition) is 0. The number of hydrogen-bond acceptors (Lipinski definition) is 3. The largest absolute Gasteiger partial charge is 0.252 e. The van der Waals surface area contributed by atoms with E-state index in [1.165, 1.54) is 42.1 Å². The molecular weight excluding hydrogens is 492 g/mol. The summed E-state index contributed by atoms with van der Waals surface area (Å²) in [5.74, 6) is 0. The summed E-state index contributed by atoms with van der Waals surface area (Å²) in [6.45, 7) is 13.7. The Labute approximate surface area is 233 Å². The van der Waals surface area contributed by atoms with E-state index in [1.54, 1.807) is 0 Å². The van der Waals surface area contributed by atoms with Crippen LogP contribution in [-0.4, -0.2) is 9.97 Å². The van der Waals surface area contributed by atoms with Crippen molar-refractivity contribution >= 4 is 64.1 Å². The van der Waals surface area contributed by atoms with Crippen LogP contribution in [0.1, 0.15) is 52.7 Å². The minimum Gasteiger partial charge on any atom is -0.252 e. The molecule has 39 heavy (non-hydrogen) atoms. The van der Waals surface area contributed by atoms with Gasteiger partial charge in [0.15, 0.2) is 0 Å². The Bertz CT molecular complexity index is 2080. The second kappa shape index (κ2) is 8.34. The van der Waals surface area contributed by atoms with Crippen LogP contribution >= 0.6 is 11.3 Å². The molecule has 2 heterocycles. The molecule has 0 bridgehead atoms. The molecule has 0 radical (unpaired) electrons. The molecule has 2 nitrogen and oxygen atoms in total. The number of aromatic nitrogens is 2. The first kappa shape index (κ1) is 24.2. The predicted molar refractivity (Wildman–Crippen MR) is 170 cm³/mol. The summed E-state index contributed by atoms with van der Waals surface area (Å²) >= 11 is 1.84. The fraction of sp³-hybridized carbons (Fsp3) is 0.222. The van der Waals surface area contributed by atoms with Gasteiger partial charge in [-0.3, -0.25) is 4.98 Å². The van der Waals surface area contributed by atoms with Crippen molar-refractivity contribution in [1.29, 1.82) is 0 Å². The molecule has 0 aliphatic carbocycles. The van der Waals surface area contributed by atoms with Gasteiger partial charge in [-0.05, 0) is 50.9 Å². The normalized spacial score (nSPS) is 12.9. The fourth-order valence-electron chi connectivity index (χ4n) is 5.73. The number of thiophene rings is 1. The van der Waals surface area contributed by atoms with Crippen LogP contribution in [0, 0.1) is 0 Å². The number of fused-ring (bicyclic) bond motifs is 9. The number of rotatable bonds is 1. The van der Waals surface area contributed by atoms with E-state index in [-0.39, 0.29) is 10.8 Å². The summed E-state index contributed by atoms with van der Waals surface area (Å²) < 4.78 is 2.57. The van der Waals surface area contributed by atoms with Gasteiger partial charge in [-0.2, -0.15) is 0 Å². The molecule has 7 aromatic rings. The lowest BCUT2D eigenvalue weighted by molar-refractivity contribution is 0.590. The second-order valence-electron chi connectivity index (χ2n) is 12.8. The molecule has 0 aliphatic heterocycles. The lowest BCUT2D eigenvalue weighted by atomic mass is 9.83. The van der Waals surface area contributed by atoms with Crippen molar-refractivity contribution in [3.05, 3.63) is 96.2 Å². The molecule has 0 amide bonds. The molecule has 0 aliphatic rings. The summed E-state index contributed by atoms with van der Waals surface area (Å²) in [5.41, 5.74) is 6.79. The molecule has 3 heteroatoms. The van der Waals surface area contributed by atoms with E-state index in [0.717, 1.165) is 33.1 Å². The number of nitrogens with zero attached hydrogens (tertiary/aromatic N) is 2. The van der Waals surface area contributed by atoms with Crippen molar-refractivity contribution in [1.82, 2.24) is 9.97 Å². The van der Waals surface area contributed by atoms with Crippen molar-refractivity contribution in [3.8, 4) is 11.3 Å². The first-order chi connectivity index (χ1) is 18.6. The van der Waals surface area contributed by atoms with Crippen LogP contribution in [0.5, 0.6) is 0 Å². The van der Waals surface area contributed by atoms with Gasteiger partial charge in [-0.1, -0.05) is 102 Å². The van der Waals surface area contributed by atoms with Crippen LogP contribution in [0.2, 0.25) is 0 Å². The smallest absolute Gasteiger partial charge is 0.0979 e. The Balaban J connectivity index is 1.57. The fourth-order valence-corrected chi connectivity index (χ4v) is 6.96. The molecule has 0 N–H and O–H groups in total. The van der Waals surface area contributed by atoms with Crippen LogP contribution in [0.3, 0.4) is 0 Å². The monoisotopic (exact) mass is 524 g/mol. The molecule has 0 saturated carbocycles. The van der Waals surface area contributed by atoms with E-state index in [9.17, 15) is 0 Å². The quantitative estimate of drug-likeness (QED) is 0.200. The third-order valence-corrected chi connectivity index (χ3v) is 9.24. The predicted octanol–water partition coefficient (Wildman–Crippen LogP) is 10.6. The van der Waals surface area contributed by atoms with Crippen LogP contribution in [0.25, 0.3) is 64.0 Å². The van der Waals surface area contributed by atoms with Gasteiger partial charge in [0.05, 0.1) is 22.9 Å². The Morgan fingerprint density at radius 1 is 0.564 bits per heavy atom. The zero-order valence-electron chi connectivity index (χ0n) is 23.4. The van der Waals surface area contributed by atoms with E-state index < -0.39 is 0 Å². The molecule has 0 saturated heterocycles. The van der Waals surface area contributed by atoms with Crippen LogP contribution in [0.4, 0.5) is 0 Å². The summed E-state index contributed by atoms with van der Waals surface area (Å²) in [5, 5.41) is 7.41. The van der Waals surface area contributed by atoms with Gasteiger partial charge in [0.1, 0.15) is 0 Å². The molecule has 7 rings (SSSR count). The lowest BCUT2D eigenvalue weighted by Gasteiger charge is -2.22. The van der Waals surface area contributed by atoms with E-state index >= 15 is 0 Å². The highest BCUT2D eigenvalue weighted by atomic mass is 32.1. The van der Waals surface area contributed by atoms with E-state index in [4.69, 9.17) is 9.97 Å². The highest BCUT2D eigenvalue weighted by Crippen LogP contribution is 2.41. The van der Waals surface area contributed by atoms with Crippen LogP contribution in [0.15, 0.2) is 85.1 Å². The lowest BCUT2D eigenvalue weighted by Crippen LogP contribution is -2.11. The Hall–Kier alpha value is -3.82. The van der Waals surface area contributed by atoms with E-state index in [2.05, 4.69) is 120 Å². The van der Waals surface area contributed by atoms with Crippen molar-refractivity contribution in [2.75, 3.05) is 0 Å². The van der Waals surface area contributed by atoms with E-state index in [0.29, 0.717) is 0 Å². The maximum atomic E-state index is 5.35. The molecule has 0 spiro atoms. The standard InChI is InChI=1S/C36H32N2S/c1-35(2,3)21-14-16-24-28(18-21)29-19-22(36(4,5)6)15-17-25(29)33-32(24)37-20-30(38-33)27-12-9-11-26-23-10-7-8-13-31(23)39-34(26)27/h7-20H,1-6H3. The average Bonchev–Trinajstić information content (AvgIpc) is 3.30. The van der Waals surface area contributed by atoms with Crippen LogP contribution < -0.4 is 0 Å². The van der Waals surface area contributed by atoms with Gasteiger partial charge in [-0.25, -0.2) is 4.98 Å². The first-order valence-electron chi connectivity index (χ1n) is 13.7. The van der Waals surface area contributed by atoms with Crippen molar-refractivity contribution in [2.24, 2.45) is 0 Å².